The van der Waals surface area contributed by atoms with Crippen LogP contribution in [0.4, 0.5) is 11.4 Å². The van der Waals surface area contributed by atoms with Gasteiger partial charge in [0.25, 0.3) is 5.69 Å². The molecule has 0 spiro atoms. The molecule has 1 N–H and O–H groups in total. The Hall–Kier alpha value is -2.95. The Labute approximate surface area is 122 Å². The number of hydrogen-bond acceptors (Lipinski definition) is 4. The molecule has 5 heteroatoms. The summed E-state index contributed by atoms with van der Waals surface area (Å²) in [6.45, 7) is 1.83. The first-order valence-electron chi connectivity index (χ1n) is 6.35. The van der Waals surface area contributed by atoms with Crippen LogP contribution in [0.15, 0.2) is 60.8 Å². The number of carbonyl (C=O) groups is 1. The van der Waals surface area contributed by atoms with Gasteiger partial charge >= 0.3 is 0 Å². The highest BCUT2D eigenvalue weighted by atomic mass is 16.6. The third kappa shape index (κ3) is 3.76. The Morgan fingerprint density at radius 3 is 2.57 bits per heavy atom. The van der Waals surface area contributed by atoms with Crippen LogP contribution in [0.5, 0.6) is 0 Å². The molecule has 0 aliphatic heterocycles. The molecule has 0 aromatic heterocycles. The molecule has 0 aliphatic carbocycles. The third-order valence-electron chi connectivity index (χ3n) is 2.96. The number of nitrogens with one attached hydrogen (secondary N) is 1. The van der Waals surface area contributed by atoms with Crippen LogP contribution in [-0.4, -0.2) is 10.7 Å². The molecule has 2 rings (SSSR count). The third-order valence-corrected chi connectivity index (χ3v) is 2.96. The van der Waals surface area contributed by atoms with Crippen LogP contribution in [0.25, 0.3) is 0 Å². The van der Waals surface area contributed by atoms with Crippen LogP contribution in [0, 0.1) is 17.0 Å². The summed E-state index contributed by atoms with van der Waals surface area (Å²) in [7, 11) is 0. The van der Waals surface area contributed by atoms with Crippen LogP contribution in [-0.2, 0) is 0 Å². The summed E-state index contributed by atoms with van der Waals surface area (Å²) in [6, 6.07) is 13.4. The molecule has 0 amide bonds. The first-order chi connectivity index (χ1) is 10.1. The molecule has 0 unspecified atom stereocenters. The maximum atomic E-state index is 11.9. The van der Waals surface area contributed by atoms with Crippen molar-refractivity contribution in [2.45, 2.75) is 6.92 Å². The van der Waals surface area contributed by atoms with Crippen molar-refractivity contribution in [3.05, 3.63) is 82.0 Å². The minimum atomic E-state index is -0.455. The standard InChI is InChI=1S/C16H14N2O3/c1-12-7-8-14(18(20)21)11-15(12)17-10-9-16(19)13-5-3-2-4-6-13/h2-11,17H,1H3/b10-9+. The number of ketones is 1. The predicted molar refractivity (Wildman–Crippen MR) is 81.4 cm³/mol. The number of nitrogens with zero attached hydrogens (tertiary/aromatic N) is 1. The van der Waals surface area contributed by atoms with Crippen molar-refractivity contribution in [3.8, 4) is 0 Å². The zero-order valence-corrected chi connectivity index (χ0v) is 11.4. The SMILES string of the molecule is Cc1ccc([N+](=O)[O-])cc1N/C=C/C(=O)c1ccccc1. The molecule has 0 fully saturated rings. The largest absolute Gasteiger partial charge is 0.361 e. The van der Waals surface area contributed by atoms with Gasteiger partial charge in [0, 0.05) is 35.7 Å². The van der Waals surface area contributed by atoms with Gasteiger partial charge < -0.3 is 5.32 Å². The van der Waals surface area contributed by atoms with E-state index in [4.69, 9.17) is 0 Å². The number of benzene rings is 2. The monoisotopic (exact) mass is 282 g/mol. The smallest absolute Gasteiger partial charge is 0.271 e. The summed E-state index contributed by atoms with van der Waals surface area (Å²) in [5, 5.41) is 13.6. The number of nitro groups is 1. The van der Waals surface area contributed by atoms with Crippen molar-refractivity contribution in [2.75, 3.05) is 5.32 Å². The number of hydrogen-bond donors (Lipinski definition) is 1. The second-order valence-electron chi connectivity index (χ2n) is 4.46. The maximum Gasteiger partial charge on any atom is 0.271 e. The molecule has 0 aliphatic rings. The zero-order chi connectivity index (χ0) is 15.2. The van der Waals surface area contributed by atoms with E-state index in [0.717, 1.165) is 5.56 Å². The average Bonchev–Trinajstić information content (AvgIpc) is 2.49. The van der Waals surface area contributed by atoms with E-state index in [1.165, 1.54) is 24.4 Å². The van der Waals surface area contributed by atoms with Gasteiger partial charge in [-0.05, 0) is 12.5 Å². The molecular weight excluding hydrogens is 268 g/mol. The van der Waals surface area contributed by atoms with E-state index in [9.17, 15) is 14.9 Å². The summed E-state index contributed by atoms with van der Waals surface area (Å²) in [5.74, 6) is -0.133. The maximum absolute atomic E-state index is 11.9. The van der Waals surface area contributed by atoms with E-state index in [1.807, 2.05) is 13.0 Å². The molecular formula is C16H14N2O3. The number of anilines is 1. The summed E-state index contributed by atoms with van der Waals surface area (Å²) in [6.07, 6.45) is 2.88. The lowest BCUT2D eigenvalue weighted by atomic mass is 10.1. The second-order valence-corrected chi connectivity index (χ2v) is 4.46. The van der Waals surface area contributed by atoms with Gasteiger partial charge in [-0.2, -0.15) is 0 Å². The topological polar surface area (TPSA) is 72.2 Å². The Bertz CT molecular complexity index is 694. The number of rotatable bonds is 5. The molecule has 0 heterocycles. The molecule has 21 heavy (non-hydrogen) atoms. The van der Waals surface area contributed by atoms with Crippen molar-refractivity contribution in [3.63, 3.8) is 0 Å². The average molecular weight is 282 g/mol. The molecule has 2 aromatic carbocycles. The fourth-order valence-electron chi connectivity index (χ4n) is 1.78. The van der Waals surface area contributed by atoms with E-state index in [2.05, 4.69) is 5.32 Å². The van der Waals surface area contributed by atoms with Gasteiger partial charge in [0.2, 0.25) is 0 Å². The molecule has 106 valence electrons. The van der Waals surface area contributed by atoms with E-state index in [1.54, 1.807) is 30.3 Å². The number of nitro benzene ring substituents is 1. The highest BCUT2D eigenvalue weighted by Gasteiger charge is 2.07. The molecule has 2 aromatic rings. The second kappa shape index (κ2) is 6.47. The van der Waals surface area contributed by atoms with Crippen molar-refractivity contribution in [1.29, 1.82) is 0 Å². The van der Waals surface area contributed by atoms with Gasteiger partial charge in [-0.3, -0.25) is 14.9 Å². The number of carbonyl (C=O) groups excluding carboxylic acids is 1. The molecule has 0 saturated heterocycles. The molecule has 5 nitrogen and oxygen atoms in total. The normalized spacial score (nSPS) is 10.5. The molecule has 0 atom stereocenters. The van der Waals surface area contributed by atoms with Gasteiger partial charge in [0.05, 0.1) is 4.92 Å². The van der Waals surface area contributed by atoms with E-state index >= 15 is 0 Å². The highest BCUT2D eigenvalue weighted by molar-refractivity contribution is 6.04. The van der Waals surface area contributed by atoms with Crippen molar-refractivity contribution in [1.82, 2.24) is 0 Å². The first kappa shape index (κ1) is 14.5. The Balaban J connectivity index is 2.09. The van der Waals surface area contributed by atoms with Crippen LogP contribution in [0.3, 0.4) is 0 Å². The molecule has 0 bridgehead atoms. The van der Waals surface area contributed by atoms with Crippen LogP contribution in [0.1, 0.15) is 15.9 Å². The quantitative estimate of drug-likeness (QED) is 0.392. The molecule has 0 radical (unpaired) electrons. The number of aryl methyl sites for hydroxylation is 1. The first-order valence-corrected chi connectivity index (χ1v) is 6.35. The lowest BCUT2D eigenvalue weighted by Gasteiger charge is -2.04. The minimum Gasteiger partial charge on any atom is -0.361 e. The minimum absolute atomic E-state index is 0.00545. The van der Waals surface area contributed by atoms with E-state index < -0.39 is 4.92 Å². The summed E-state index contributed by atoms with van der Waals surface area (Å²) in [5.41, 5.74) is 2.05. The Kier molecular flexibility index (Phi) is 4.46. The van der Waals surface area contributed by atoms with Crippen LogP contribution in [0.2, 0.25) is 0 Å². The Morgan fingerprint density at radius 2 is 1.90 bits per heavy atom. The predicted octanol–water partition coefficient (Wildman–Crippen LogP) is 3.71. The summed E-state index contributed by atoms with van der Waals surface area (Å²) < 4.78 is 0. The van der Waals surface area contributed by atoms with E-state index in [0.29, 0.717) is 11.3 Å². The lowest BCUT2D eigenvalue weighted by Crippen LogP contribution is -1.97. The highest BCUT2D eigenvalue weighted by Crippen LogP contribution is 2.21. The van der Waals surface area contributed by atoms with Gasteiger partial charge in [0.1, 0.15) is 0 Å². The summed E-state index contributed by atoms with van der Waals surface area (Å²) >= 11 is 0. The molecule has 0 saturated carbocycles. The van der Waals surface area contributed by atoms with E-state index in [-0.39, 0.29) is 11.5 Å². The van der Waals surface area contributed by atoms with Crippen molar-refractivity contribution >= 4 is 17.2 Å². The van der Waals surface area contributed by atoms with Gasteiger partial charge in [-0.1, -0.05) is 36.4 Å². The number of allylic oxidation sites excluding steroid dienone is 1. The van der Waals surface area contributed by atoms with Crippen LogP contribution < -0.4 is 5.32 Å². The zero-order valence-electron chi connectivity index (χ0n) is 11.4. The fourth-order valence-corrected chi connectivity index (χ4v) is 1.78. The Morgan fingerprint density at radius 1 is 1.19 bits per heavy atom. The van der Waals surface area contributed by atoms with Crippen molar-refractivity contribution in [2.24, 2.45) is 0 Å². The fraction of sp³-hybridized carbons (Fsp3) is 0.0625. The van der Waals surface area contributed by atoms with Gasteiger partial charge in [-0.15, -0.1) is 0 Å². The van der Waals surface area contributed by atoms with Crippen molar-refractivity contribution < 1.29 is 9.72 Å². The lowest BCUT2D eigenvalue weighted by molar-refractivity contribution is -0.384. The summed E-state index contributed by atoms with van der Waals surface area (Å²) in [4.78, 5) is 22.1. The van der Waals surface area contributed by atoms with Gasteiger partial charge in [-0.25, -0.2) is 0 Å². The van der Waals surface area contributed by atoms with Crippen LogP contribution >= 0.6 is 0 Å². The number of non-ortho nitro benzene ring substituents is 1. The van der Waals surface area contributed by atoms with Gasteiger partial charge in [0.15, 0.2) is 5.78 Å².